The molecule has 1 atom stereocenters. The Kier molecular flexibility index (Phi) is 4.10. The van der Waals surface area contributed by atoms with Gasteiger partial charge in [-0.1, -0.05) is 30.3 Å². The summed E-state index contributed by atoms with van der Waals surface area (Å²) in [4.78, 5) is 20.3. The minimum atomic E-state index is -1.05. The first-order chi connectivity index (χ1) is 9.54. The molecule has 1 heterocycles. The quantitative estimate of drug-likeness (QED) is 0.857. The van der Waals surface area contributed by atoms with Crippen molar-refractivity contribution in [1.82, 2.24) is 15.3 Å². The highest BCUT2D eigenvalue weighted by molar-refractivity contribution is 5.85. The first-order valence-corrected chi connectivity index (χ1v) is 6.41. The van der Waals surface area contributed by atoms with Crippen molar-refractivity contribution in [2.24, 2.45) is 5.73 Å². The molecule has 5 heteroatoms. The molecule has 0 saturated carbocycles. The lowest BCUT2D eigenvalue weighted by atomic mass is 9.94. The largest absolute Gasteiger partial charge is 0.368 e. The number of aromatic nitrogens is 2. The molecule has 1 aromatic carbocycles. The molecule has 3 N–H and O–H groups in total. The van der Waals surface area contributed by atoms with E-state index in [0.29, 0.717) is 17.9 Å². The SMILES string of the molecule is Cc1nccnc1C(C)(NCc1ccccc1)C(N)=O. The second-order valence-corrected chi connectivity index (χ2v) is 4.82. The van der Waals surface area contributed by atoms with Crippen molar-refractivity contribution in [2.75, 3.05) is 0 Å². The van der Waals surface area contributed by atoms with Gasteiger partial charge in [0.05, 0.1) is 11.4 Å². The summed E-state index contributed by atoms with van der Waals surface area (Å²) >= 11 is 0. The Morgan fingerprint density at radius 3 is 2.50 bits per heavy atom. The summed E-state index contributed by atoms with van der Waals surface area (Å²) in [5.41, 5.74) is 6.84. The van der Waals surface area contributed by atoms with Crippen LogP contribution in [0.25, 0.3) is 0 Å². The van der Waals surface area contributed by atoms with Gasteiger partial charge in [-0.3, -0.25) is 20.1 Å². The van der Waals surface area contributed by atoms with Gasteiger partial charge in [-0.15, -0.1) is 0 Å². The highest BCUT2D eigenvalue weighted by atomic mass is 16.1. The standard InChI is InChI=1S/C15H18N4O/c1-11-13(18-9-8-17-11)15(2,14(16)20)19-10-12-6-4-3-5-7-12/h3-9,19H,10H2,1-2H3,(H2,16,20). The van der Waals surface area contributed by atoms with E-state index in [9.17, 15) is 4.79 Å². The number of rotatable bonds is 5. The van der Waals surface area contributed by atoms with E-state index in [2.05, 4.69) is 15.3 Å². The third kappa shape index (κ3) is 2.83. The Morgan fingerprint density at radius 1 is 1.25 bits per heavy atom. The van der Waals surface area contributed by atoms with Gasteiger partial charge in [0.25, 0.3) is 0 Å². The molecule has 2 rings (SSSR count). The first kappa shape index (κ1) is 14.1. The summed E-state index contributed by atoms with van der Waals surface area (Å²) in [6.07, 6.45) is 3.16. The molecule has 0 aliphatic heterocycles. The third-order valence-corrected chi connectivity index (χ3v) is 3.34. The van der Waals surface area contributed by atoms with Gasteiger partial charge >= 0.3 is 0 Å². The molecule has 0 spiro atoms. The van der Waals surface area contributed by atoms with Crippen LogP contribution < -0.4 is 11.1 Å². The van der Waals surface area contributed by atoms with Gasteiger partial charge in [0.2, 0.25) is 5.91 Å². The van der Waals surface area contributed by atoms with Gasteiger partial charge in [0.15, 0.2) is 0 Å². The Hall–Kier alpha value is -2.27. The van der Waals surface area contributed by atoms with Gasteiger partial charge in [0.1, 0.15) is 5.54 Å². The minimum Gasteiger partial charge on any atom is -0.368 e. The molecule has 0 saturated heterocycles. The van der Waals surface area contributed by atoms with Crippen LogP contribution in [0.15, 0.2) is 42.7 Å². The number of hydrogen-bond donors (Lipinski definition) is 2. The molecule has 1 aromatic heterocycles. The highest BCUT2D eigenvalue weighted by Gasteiger charge is 2.35. The molecular formula is C15H18N4O. The van der Waals surface area contributed by atoms with Crippen molar-refractivity contribution in [2.45, 2.75) is 25.9 Å². The van der Waals surface area contributed by atoms with E-state index in [1.54, 1.807) is 19.3 Å². The van der Waals surface area contributed by atoms with Crippen LogP contribution in [0, 0.1) is 6.92 Å². The summed E-state index contributed by atoms with van der Waals surface area (Å²) in [5.74, 6) is -0.475. The summed E-state index contributed by atoms with van der Waals surface area (Å²) in [5, 5.41) is 3.19. The minimum absolute atomic E-state index is 0.475. The average molecular weight is 270 g/mol. The molecular weight excluding hydrogens is 252 g/mol. The van der Waals surface area contributed by atoms with Crippen molar-refractivity contribution >= 4 is 5.91 Å². The first-order valence-electron chi connectivity index (χ1n) is 6.41. The number of benzene rings is 1. The van der Waals surface area contributed by atoms with Gasteiger partial charge in [-0.25, -0.2) is 0 Å². The number of nitrogens with two attached hydrogens (primary N) is 1. The van der Waals surface area contributed by atoms with E-state index in [4.69, 9.17) is 5.73 Å². The van der Waals surface area contributed by atoms with E-state index >= 15 is 0 Å². The van der Waals surface area contributed by atoms with Crippen molar-refractivity contribution < 1.29 is 4.79 Å². The average Bonchev–Trinajstić information content (AvgIpc) is 2.46. The third-order valence-electron chi connectivity index (χ3n) is 3.34. The maximum atomic E-state index is 11.9. The van der Waals surface area contributed by atoms with Crippen LogP contribution >= 0.6 is 0 Å². The fraction of sp³-hybridized carbons (Fsp3) is 0.267. The van der Waals surface area contributed by atoms with Crippen LogP contribution in [-0.2, 0) is 16.9 Å². The number of carbonyl (C=O) groups is 1. The predicted octanol–water partition coefficient (Wildman–Crippen LogP) is 1.28. The van der Waals surface area contributed by atoms with E-state index in [-0.39, 0.29) is 0 Å². The summed E-state index contributed by atoms with van der Waals surface area (Å²) in [6, 6.07) is 9.82. The highest BCUT2D eigenvalue weighted by Crippen LogP contribution is 2.21. The lowest BCUT2D eigenvalue weighted by Gasteiger charge is -2.28. The molecule has 2 aromatic rings. The maximum Gasteiger partial charge on any atom is 0.243 e. The monoisotopic (exact) mass is 270 g/mol. The fourth-order valence-corrected chi connectivity index (χ4v) is 2.06. The van der Waals surface area contributed by atoms with Gasteiger partial charge < -0.3 is 5.73 Å². The van der Waals surface area contributed by atoms with Crippen LogP contribution in [-0.4, -0.2) is 15.9 Å². The van der Waals surface area contributed by atoms with Gasteiger partial charge in [-0.2, -0.15) is 0 Å². The van der Waals surface area contributed by atoms with E-state index in [0.717, 1.165) is 5.56 Å². The molecule has 0 fully saturated rings. The number of primary amides is 1. The summed E-state index contributed by atoms with van der Waals surface area (Å²) < 4.78 is 0. The van der Waals surface area contributed by atoms with Crippen molar-refractivity contribution in [3.63, 3.8) is 0 Å². The van der Waals surface area contributed by atoms with Crippen molar-refractivity contribution in [3.05, 3.63) is 59.7 Å². The van der Waals surface area contributed by atoms with E-state index in [1.807, 2.05) is 37.3 Å². The number of nitrogens with one attached hydrogen (secondary N) is 1. The lowest BCUT2D eigenvalue weighted by Crippen LogP contribution is -2.51. The second kappa shape index (κ2) is 5.79. The molecule has 5 nitrogen and oxygen atoms in total. The fourth-order valence-electron chi connectivity index (χ4n) is 2.06. The molecule has 1 amide bonds. The van der Waals surface area contributed by atoms with Crippen molar-refractivity contribution in [1.29, 1.82) is 0 Å². The van der Waals surface area contributed by atoms with Crippen LogP contribution in [0.5, 0.6) is 0 Å². The second-order valence-electron chi connectivity index (χ2n) is 4.82. The predicted molar refractivity (Wildman–Crippen MR) is 76.6 cm³/mol. The molecule has 0 radical (unpaired) electrons. The number of hydrogen-bond acceptors (Lipinski definition) is 4. The van der Waals surface area contributed by atoms with Gasteiger partial charge in [-0.05, 0) is 19.4 Å². The Balaban J connectivity index is 2.27. The van der Waals surface area contributed by atoms with Crippen LogP contribution in [0.4, 0.5) is 0 Å². The smallest absolute Gasteiger partial charge is 0.243 e. The lowest BCUT2D eigenvalue weighted by molar-refractivity contribution is -0.124. The van der Waals surface area contributed by atoms with Crippen LogP contribution in [0.3, 0.4) is 0 Å². The Labute approximate surface area is 118 Å². The number of aryl methyl sites for hydroxylation is 1. The summed E-state index contributed by atoms with van der Waals surface area (Å²) in [6.45, 7) is 4.07. The number of nitrogens with zero attached hydrogens (tertiary/aromatic N) is 2. The molecule has 0 aliphatic rings. The van der Waals surface area contributed by atoms with Gasteiger partial charge in [0, 0.05) is 18.9 Å². The zero-order chi connectivity index (χ0) is 14.6. The topological polar surface area (TPSA) is 80.9 Å². The van der Waals surface area contributed by atoms with E-state index < -0.39 is 11.4 Å². The van der Waals surface area contributed by atoms with E-state index in [1.165, 1.54) is 0 Å². The van der Waals surface area contributed by atoms with Crippen LogP contribution in [0.1, 0.15) is 23.9 Å². The Morgan fingerprint density at radius 2 is 1.90 bits per heavy atom. The summed E-state index contributed by atoms with van der Waals surface area (Å²) in [7, 11) is 0. The Bertz CT molecular complexity index is 600. The number of amides is 1. The maximum absolute atomic E-state index is 11.9. The normalized spacial score (nSPS) is 13.7. The molecule has 104 valence electrons. The zero-order valence-corrected chi connectivity index (χ0v) is 11.6. The van der Waals surface area contributed by atoms with Crippen LogP contribution in [0.2, 0.25) is 0 Å². The van der Waals surface area contributed by atoms with Crippen molar-refractivity contribution in [3.8, 4) is 0 Å². The molecule has 0 aliphatic carbocycles. The molecule has 1 unspecified atom stereocenters. The number of carbonyl (C=O) groups excluding carboxylic acids is 1. The zero-order valence-electron chi connectivity index (χ0n) is 11.6. The molecule has 20 heavy (non-hydrogen) atoms. The molecule has 0 bridgehead atoms.